The molecule has 0 radical (unpaired) electrons. The fourth-order valence-electron chi connectivity index (χ4n) is 1.24. The summed E-state index contributed by atoms with van der Waals surface area (Å²) in [7, 11) is 0. The van der Waals surface area contributed by atoms with Crippen molar-refractivity contribution in [2.75, 3.05) is 0 Å². The number of carboxylic acids is 1. The van der Waals surface area contributed by atoms with E-state index in [1.54, 1.807) is 11.9 Å². The molecule has 0 aliphatic carbocycles. The topological polar surface area (TPSA) is 49.3 Å². The van der Waals surface area contributed by atoms with Crippen molar-refractivity contribution in [1.82, 2.24) is 4.72 Å². The van der Waals surface area contributed by atoms with Crippen LogP contribution in [0, 0.1) is 0 Å². The van der Waals surface area contributed by atoms with Crippen molar-refractivity contribution in [3.63, 3.8) is 0 Å². The molecular formula is C12H14ClNO2S. The van der Waals surface area contributed by atoms with Crippen LogP contribution in [-0.2, 0) is 4.79 Å². The van der Waals surface area contributed by atoms with E-state index in [9.17, 15) is 0 Å². The molecule has 2 rings (SSSR count). The van der Waals surface area contributed by atoms with Crippen LogP contribution in [-0.4, -0.2) is 11.1 Å². The van der Waals surface area contributed by atoms with Crippen molar-refractivity contribution < 1.29 is 9.90 Å². The largest absolute Gasteiger partial charge is 0.481 e. The predicted octanol–water partition coefficient (Wildman–Crippen LogP) is 3.79. The zero-order valence-corrected chi connectivity index (χ0v) is 11.2. The van der Waals surface area contributed by atoms with E-state index in [1.807, 2.05) is 18.2 Å². The van der Waals surface area contributed by atoms with Crippen LogP contribution in [0.5, 0.6) is 0 Å². The number of hydrogen-bond acceptors (Lipinski definition) is 3. The fraction of sp³-hybridized carbons (Fsp3) is 0.250. The van der Waals surface area contributed by atoms with Crippen LogP contribution < -0.4 is 4.72 Å². The summed E-state index contributed by atoms with van der Waals surface area (Å²) >= 11 is 7.56. The summed E-state index contributed by atoms with van der Waals surface area (Å²) in [6, 6.07) is 5.96. The molecule has 2 N–H and O–H groups in total. The Morgan fingerprint density at radius 2 is 2.18 bits per heavy atom. The van der Waals surface area contributed by atoms with Crippen LogP contribution in [0.25, 0.3) is 6.08 Å². The van der Waals surface area contributed by atoms with Crippen LogP contribution in [0.15, 0.2) is 28.8 Å². The first-order chi connectivity index (χ1) is 8.02. The number of allylic oxidation sites excluding steroid dienone is 1. The Bertz CT molecular complexity index is 442. The number of fused-ring (bicyclic) bond motifs is 1. The first-order valence-electron chi connectivity index (χ1n) is 5.15. The number of rotatable bonds is 1. The fourth-order valence-corrected chi connectivity index (χ4v) is 2.23. The highest BCUT2D eigenvalue weighted by Gasteiger charge is 2.08. The van der Waals surface area contributed by atoms with Gasteiger partial charge in [0, 0.05) is 22.5 Å². The highest BCUT2D eigenvalue weighted by Crippen LogP contribution is 2.30. The zero-order valence-electron chi connectivity index (χ0n) is 9.66. The molecule has 1 aliphatic rings. The van der Waals surface area contributed by atoms with Crippen LogP contribution in [0.2, 0.25) is 5.02 Å². The van der Waals surface area contributed by atoms with Gasteiger partial charge in [0.05, 0.1) is 0 Å². The molecule has 1 heterocycles. The van der Waals surface area contributed by atoms with Crippen LogP contribution in [0.4, 0.5) is 0 Å². The third-order valence-corrected chi connectivity index (χ3v) is 3.17. The minimum absolute atomic E-state index is 0.799. The van der Waals surface area contributed by atoms with Crippen molar-refractivity contribution in [1.29, 1.82) is 0 Å². The van der Waals surface area contributed by atoms with Gasteiger partial charge in [0.1, 0.15) is 0 Å². The Morgan fingerprint density at radius 3 is 2.76 bits per heavy atom. The average molecular weight is 272 g/mol. The summed E-state index contributed by atoms with van der Waals surface area (Å²) in [5.74, 6) is -0.833. The first-order valence-corrected chi connectivity index (χ1v) is 6.35. The summed E-state index contributed by atoms with van der Waals surface area (Å²) in [5, 5.41) is 8.22. The Hall–Kier alpha value is -1.13. The normalized spacial score (nSPS) is 12.5. The Balaban J connectivity index is 0.000000317. The lowest BCUT2D eigenvalue weighted by molar-refractivity contribution is -0.134. The molecule has 0 amide bonds. The molecule has 0 aromatic heterocycles. The monoisotopic (exact) mass is 271 g/mol. The quantitative estimate of drug-likeness (QED) is 0.763. The van der Waals surface area contributed by atoms with Crippen LogP contribution in [0.3, 0.4) is 0 Å². The second-order valence-electron chi connectivity index (χ2n) is 3.43. The van der Waals surface area contributed by atoms with E-state index in [0.717, 1.165) is 18.4 Å². The molecule has 0 unspecified atom stereocenters. The molecule has 1 aromatic rings. The van der Waals surface area contributed by atoms with Gasteiger partial charge in [-0.15, -0.1) is 0 Å². The molecule has 0 bridgehead atoms. The van der Waals surface area contributed by atoms with Crippen LogP contribution >= 0.6 is 23.5 Å². The van der Waals surface area contributed by atoms with Gasteiger partial charge in [0.15, 0.2) is 0 Å². The van der Waals surface area contributed by atoms with Crippen molar-refractivity contribution in [2.45, 2.75) is 25.2 Å². The molecule has 0 saturated carbocycles. The molecule has 17 heavy (non-hydrogen) atoms. The lowest BCUT2D eigenvalue weighted by atomic mass is 10.1. The standard InChI is InChI=1S/C10H10ClNS.C2H4O2/c1-2-9-6-7-5-8(11)3-4-10(7)13-12-9;1-2(3)4/h3-6,12H,2H2,1H3;1H3,(H,3,4). The SMILES string of the molecule is CC(=O)O.CCC1=Cc2cc(Cl)ccc2SN1. The molecule has 1 aliphatic heterocycles. The van der Waals surface area contributed by atoms with Gasteiger partial charge in [-0.2, -0.15) is 0 Å². The molecule has 92 valence electrons. The van der Waals surface area contributed by atoms with Gasteiger partial charge in [-0.05, 0) is 48.2 Å². The summed E-state index contributed by atoms with van der Waals surface area (Å²) < 4.78 is 3.28. The van der Waals surface area contributed by atoms with E-state index < -0.39 is 5.97 Å². The third-order valence-electron chi connectivity index (χ3n) is 1.97. The second kappa shape index (κ2) is 6.57. The van der Waals surface area contributed by atoms with Crippen molar-refractivity contribution in [3.05, 3.63) is 34.5 Å². The van der Waals surface area contributed by atoms with Gasteiger partial charge in [0.25, 0.3) is 5.97 Å². The minimum atomic E-state index is -0.833. The summed E-state index contributed by atoms with van der Waals surface area (Å²) in [6.07, 6.45) is 3.18. The molecule has 0 atom stereocenters. The van der Waals surface area contributed by atoms with Gasteiger partial charge in [-0.3, -0.25) is 4.79 Å². The molecule has 0 saturated heterocycles. The van der Waals surface area contributed by atoms with Crippen molar-refractivity contribution in [3.8, 4) is 0 Å². The Kier molecular flexibility index (Phi) is 5.38. The summed E-state index contributed by atoms with van der Waals surface area (Å²) in [6.45, 7) is 3.22. The molecular weight excluding hydrogens is 258 g/mol. The van der Waals surface area contributed by atoms with E-state index in [1.165, 1.54) is 16.2 Å². The Morgan fingerprint density at radius 1 is 1.53 bits per heavy atom. The molecule has 0 spiro atoms. The van der Waals surface area contributed by atoms with E-state index in [-0.39, 0.29) is 0 Å². The van der Waals surface area contributed by atoms with E-state index in [4.69, 9.17) is 21.5 Å². The van der Waals surface area contributed by atoms with Gasteiger partial charge < -0.3 is 9.83 Å². The minimum Gasteiger partial charge on any atom is -0.481 e. The predicted molar refractivity (Wildman–Crippen MR) is 72.0 cm³/mol. The lowest BCUT2D eigenvalue weighted by Gasteiger charge is -2.16. The number of halogens is 1. The van der Waals surface area contributed by atoms with E-state index in [0.29, 0.717) is 0 Å². The number of aliphatic carboxylic acids is 1. The molecule has 3 nitrogen and oxygen atoms in total. The smallest absolute Gasteiger partial charge is 0.300 e. The van der Waals surface area contributed by atoms with E-state index >= 15 is 0 Å². The number of carboxylic acid groups (broad SMARTS) is 1. The third kappa shape index (κ3) is 4.71. The van der Waals surface area contributed by atoms with Crippen molar-refractivity contribution in [2.24, 2.45) is 0 Å². The number of hydrogen-bond donors (Lipinski definition) is 2. The maximum atomic E-state index is 9.00. The lowest BCUT2D eigenvalue weighted by Crippen LogP contribution is -2.06. The average Bonchev–Trinajstić information content (AvgIpc) is 2.27. The Labute approximate surface area is 110 Å². The maximum Gasteiger partial charge on any atom is 0.300 e. The van der Waals surface area contributed by atoms with Crippen molar-refractivity contribution >= 4 is 35.6 Å². The summed E-state index contributed by atoms with van der Waals surface area (Å²) in [5.41, 5.74) is 2.47. The molecule has 5 heteroatoms. The van der Waals surface area contributed by atoms with Gasteiger partial charge in [-0.25, -0.2) is 0 Å². The van der Waals surface area contributed by atoms with Crippen LogP contribution in [0.1, 0.15) is 25.8 Å². The second-order valence-corrected chi connectivity index (χ2v) is 4.71. The maximum absolute atomic E-state index is 9.00. The molecule has 1 aromatic carbocycles. The van der Waals surface area contributed by atoms with Gasteiger partial charge in [-0.1, -0.05) is 18.5 Å². The molecule has 0 fully saturated rings. The number of carbonyl (C=O) groups is 1. The highest BCUT2D eigenvalue weighted by molar-refractivity contribution is 7.97. The zero-order chi connectivity index (χ0) is 12.8. The highest BCUT2D eigenvalue weighted by atomic mass is 35.5. The van der Waals surface area contributed by atoms with Gasteiger partial charge in [0.2, 0.25) is 0 Å². The van der Waals surface area contributed by atoms with E-state index in [2.05, 4.69) is 17.7 Å². The van der Waals surface area contributed by atoms with Gasteiger partial charge >= 0.3 is 0 Å². The number of benzene rings is 1. The first kappa shape index (κ1) is 13.9. The number of nitrogens with one attached hydrogen (secondary N) is 1. The summed E-state index contributed by atoms with van der Waals surface area (Å²) in [4.78, 5) is 10.2.